The Balaban J connectivity index is 2.20. The van der Waals surface area contributed by atoms with E-state index in [4.69, 9.17) is 10.5 Å². The molecule has 0 saturated heterocycles. The molecule has 3 N–H and O–H groups in total. The Morgan fingerprint density at radius 3 is 2.71 bits per heavy atom. The van der Waals surface area contributed by atoms with Gasteiger partial charge in [-0.2, -0.15) is 0 Å². The molecule has 0 aliphatic rings. The number of nitrogens with zero attached hydrogens (tertiary/aromatic N) is 1. The van der Waals surface area contributed by atoms with E-state index in [2.05, 4.69) is 10.3 Å². The van der Waals surface area contributed by atoms with Gasteiger partial charge in [-0.3, -0.25) is 4.79 Å². The van der Waals surface area contributed by atoms with Gasteiger partial charge in [-0.05, 0) is 39.0 Å². The average molecular weight is 305 g/mol. The van der Waals surface area contributed by atoms with Gasteiger partial charge in [0.25, 0.3) is 5.91 Å². The highest BCUT2D eigenvalue weighted by atomic mass is 32.1. The smallest absolute Gasteiger partial charge is 0.254 e. The zero-order valence-electron chi connectivity index (χ0n) is 12.6. The van der Waals surface area contributed by atoms with Gasteiger partial charge in [0.1, 0.15) is 5.75 Å². The highest BCUT2D eigenvalue weighted by Gasteiger charge is 2.18. The molecule has 0 aliphatic heterocycles. The number of amides is 1. The molecule has 0 saturated carbocycles. The van der Waals surface area contributed by atoms with E-state index in [1.807, 2.05) is 20.8 Å². The van der Waals surface area contributed by atoms with Crippen LogP contribution in [0, 0.1) is 13.8 Å². The molecule has 1 heterocycles. The third kappa shape index (κ3) is 3.33. The van der Waals surface area contributed by atoms with E-state index in [0.717, 1.165) is 15.6 Å². The zero-order valence-corrected chi connectivity index (χ0v) is 13.4. The number of methoxy groups -OCH3 is 1. The topological polar surface area (TPSA) is 77.2 Å². The number of benzene rings is 1. The van der Waals surface area contributed by atoms with Crippen LogP contribution < -0.4 is 15.8 Å². The van der Waals surface area contributed by atoms with Crippen LogP contribution in [0.3, 0.4) is 0 Å². The van der Waals surface area contributed by atoms with Crippen LogP contribution in [0.2, 0.25) is 0 Å². The summed E-state index contributed by atoms with van der Waals surface area (Å²) in [6.07, 6.45) is 0. The van der Waals surface area contributed by atoms with Crippen LogP contribution in [0.25, 0.3) is 0 Å². The molecule has 2 aromatic rings. The van der Waals surface area contributed by atoms with Crippen LogP contribution in [0.4, 0.5) is 5.69 Å². The molecule has 1 unspecified atom stereocenters. The van der Waals surface area contributed by atoms with Gasteiger partial charge >= 0.3 is 0 Å². The number of thiazole rings is 1. The summed E-state index contributed by atoms with van der Waals surface area (Å²) in [4.78, 5) is 17.8. The van der Waals surface area contributed by atoms with Gasteiger partial charge in [0.2, 0.25) is 0 Å². The van der Waals surface area contributed by atoms with Gasteiger partial charge < -0.3 is 15.8 Å². The van der Waals surface area contributed by atoms with Crippen molar-refractivity contribution in [1.29, 1.82) is 0 Å². The molecule has 0 radical (unpaired) electrons. The molecule has 1 aromatic carbocycles. The molecule has 6 heteroatoms. The number of carbonyl (C=O) groups excluding carboxylic acids is 1. The summed E-state index contributed by atoms with van der Waals surface area (Å²) in [5.41, 5.74) is 7.66. The van der Waals surface area contributed by atoms with Crippen molar-refractivity contribution in [1.82, 2.24) is 10.3 Å². The minimum Gasteiger partial charge on any atom is -0.497 e. The Hall–Kier alpha value is -2.08. The van der Waals surface area contributed by atoms with Crippen LogP contribution in [-0.4, -0.2) is 18.0 Å². The minimum absolute atomic E-state index is 0.116. The second-order valence-electron chi connectivity index (χ2n) is 4.83. The molecule has 0 bridgehead atoms. The Morgan fingerprint density at radius 1 is 1.43 bits per heavy atom. The van der Waals surface area contributed by atoms with Crippen LogP contribution >= 0.6 is 11.3 Å². The van der Waals surface area contributed by atoms with Gasteiger partial charge in [-0.1, -0.05) is 0 Å². The van der Waals surface area contributed by atoms with Crippen LogP contribution in [0.5, 0.6) is 5.75 Å². The first-order chi connectivity index (χ1) is 9.92. The van der Waals surface area contributed by atoms with Crippen molar-refractivity contribution in [2.24, 2.45) is 0 Å². The number of aromatic nitrogens is 1. The summed E-state index contributed by atoms with van der Waals surface area (Å²) in [6, 6.07) is 4.92. The molecule has 0 fully saturated rings. The number of nitrogens with one attached hydrogen (secondary N) is 1. The maximum atomic E-state index is 12.4. The van der Waals surface area contributed by atoms with E-state index >= 15 is 0 Å². The second kappa shape index (κ2) is 6.13. The van der Waals surface area contributed by atoms with Crippen molar-refractivity contribution in [3.05, 3.63) is 39.3 Å². The van der Waals surface area contributed by atoms with E-state index in [-0.39, 0.29) is 11.9 Å². The van der Waals surface area contributed by atoms with Gasteiger partial charge in [-0.25, -0.2) is 4.98 Å². The van der Waals surface area contributed by atoms with Crippen molar-refractivity contribution >= 4 is 22.9 Å². The number of nitrogen functional groups attached to an aromatic ring is 1. The Morgan fingerprint density at radius 2 is 2.14 bits per heavy atom. The van der Waals surface area contributed by atoms with E-state index in [0.29, 0.717) is 17.0 Å². The first kappa shape index (κ1) is 15.3. The quantitative estimate of drug-likeness (QED) is 0.852. The predicted molar refractivity (Wildman–Crippen MR) is 84.9 cm³/mol. The standard InChI is InChI=1S/C15H19N3O2S/c1-8-14(21-10(3)17-8)9(2)18-15(19)12-7-11(20-4)5-6-13(12)16/h5-7,9H,16H2,1-4H3,(H,18,19). The number of aryl methyl sites for hydroxylation is 2. The first-order valence-electron chi connectivity index (χ1n) is 6.60. The lowest BCUT2D eigenvalue weighted by atomic mass is 10.1. The Bertz CT molecular complexity index is 667. The minimum atomic E-state index is -0.218. The van der Waals surface area contributed by atoms with Crippen LogP contribution in [0.15, 0.2) is 18.2 Å². The van der Waals surface area contributed by atoms with E-state index < -0.39 is 0 Å². The Labute approximate surface area is 128 Å². The second-order valence-corrected chi connectivity index (χ2v) is 6.07. The summed E-state index contributed by atoms with van der Waals surface area (Å²) >= 11 is 1.59. The summed E-state index contributed by atoms with van der Waals surface area (Å²) in [7, 11) is 1.55. The number of rotatable bonds is 4. The van der Waals surface area contributed by atoms with Gasteiger partial charge in [0, 0.05) is 10.6 Å². The summed E-state index contributed by atoms with van der Waals surface area (Å²) in [5.74, 6) is 0.385. The number of carbonyl (C=O) groups is 1. The molecule has 21 heavy (non-hydrogen) atoms. The molecule has 0 aliphatic carbocycles. The van der Waals surface area contributed by atoms with Crippen molar-refractivity contribution in [2.45, 2.75) is 26.8 Å². The lowest BCUT2D eigenvalue weighted by molar-refractivity contribution is 0.0941. The van der Waals surface area contributed by atoms with Gasteiger partial charge in [-0.15, -0.1) is 11.3 Å². The summed E-state index contributed by atoms with van der Waals surface area (Å²) in [5, 5.41) is 3.94. The maximum absolute atomic E-state index is 12.4. The zero-order chi connectivity index (χ0) is 15.6. The molecule has 1 amide bonds. The predicted octanol–water partition coefficient (Wildman–Crippen LogP) is 2.84. The molecule has 1 aromatic heterocycles. The highest BCUT2D eigenvalue weighted by Crippen LogP contribution is 2.26. The first-order valence-corrected chi connectivity index (χ1v) is 7.42. The lowest BCUT2D eigenvalue weighted by Gasteiger charge is -2.14. The van der Waals surface area contributed by atoms with E-state index in [1.165, 1.54) is 0 Å². The number of nitrogens with two attached hydrogens (primary N) is 1. The fourth-order valence-electron chi connectivity index (χ4n) is 2.15. The van der Waals surface area contributed by atoms with Crippen molar-refractivity contribution in [3.63, 3.8) is 0 Å². The van der Waals surface area contributed by atoms with E-state index in [9.17, 15) is 4.79 Å². The van der Waals surface area contributed by atoms with Crippen molar-refractivity contribution in [3.8, 4) is 5.75 Å². The lowest BCUT2D eigenvalue weighted by Crippen LogP contribution is -2.27. The number of ether oxygens (including phenoxy) is 1. The number of hydrogen-bond donors (Lipinski definition) is 2. The SMILES string of the molecule is COc1ccc(N)c(C(=O)NC(C)c2sc(C)nc2C)c1. The highest BCUT2D eigenvalue weighted by molar-refractivity contribution is 7.11. The fraction of sp³-hybridized carbons (Fsp3) is 0.333. The molecule has 0 spiro atoms. The van der Waals surface area contributed by atoms with Crippen molar-refractivity contribution < 1.29 is 9.53 Å². The maximum Gasteiger partial charge on any atom is 0.254 e. The van der Waals surface area contributed by atoms with Crippen LogP contribution in [-0.2, 0) is 0 Å². The monoisotopic (exact) mass is 305 g/mol. The molecule has 1 atom stereocenters. The molecular formula is C15H19N3O2S. The van der Waals surface area contributed by atoms with Crippen molar-refractivity contribution in [2.75, 3.05) is 12.8 Å². The number of anilines is 1. The number of hydrogen-bond acceptors (Lipinski definition) is 5. The Kier molecular flexibility index (Phi) is 4.47. The molecule has 2 rings (SSSR count). The van der Waals surface area contributed by atoms with E-state index in [1.54, 1.807) is 36.6 Å². The third-order valence-electron chi connectivity index (χ3n) is 3.19. The normalized spacial score (nSPS) is 12.0. The summed E-state index contributed by atoms with van der Waals surface area (Å²) in [6.45, 7) is 5.84. The third-order valence-corrected chi connectivity index (χ3v) is 4.44. The van der Waals surface area contributed by atoms with Crippen LogP contribution in [0.1, 0.15) is 38.9 Å². The van der Waals surface area contributed by atoms with Gasteiger partial charge in [0.15, 0.2) is 0 Å². The molecule has 112 valence electrons. The average Bonchev–Trinajstić information content (AvgIpc) is 2.78. The molecule has 5 nitrogen and oxygen atoms in total. The molecular weight excluding hydrogens is 286 g/mol. The largest absolute Gasteiger partial charge is 0.497 e. The van der Waals surface area contributed by atoms with Gasteiger partial charge in [0.05, 0.1) is 29.4 Å². The summed E-state index contributed by atoms with van der Waals surface area (Å²) < 4.78 is 5.13. The fourth-order valence-corrected chi connectivity index (χ4v) is 3.08.